The fourth-order valence-electron chi connectivity index (χ4n) is 3.68. The second kappa shape index (κ2) is 23.0. The Balaban J connectivity index is 1.74. The quantitative estimate of drug-likeness (QED) is 0.101. The number of rotatable bonds is 24. The first-order chi connectivity index (χ1) is 16.7. The van der Waals surface area contributed by atoms with E-state index in [4.69, 9.17) is 24.7 Å². The smallest absolute Gasteiger partial charge is 0.305 e. The number of anilines is 1. The molecule has 0 radical (unpaired) electrons. The number of unbranched alkanes of at least 4 members (excludes halogenated alkanes) is 12. The molecule has 0 saturated carbocycles. The van der Waals surface area contributed by atoms with Gasteiger partial charge in [-0.3, -0.25) is 4.79 Å². The van der Waals surface area contributed by atoms with Crippen molar-refractivity contribution >= 4 is 11.7 Å². The summed E-state index contributed by atoms with van der Waals surface area (Å²) >= 11 is 0. The van der Waals surface area contributed by atoms with Gasteiger partial charge in [0.05, 0.1) is 26.4 Å². The first-order valence-corrected chi connectivity index (χ1v) is 13.5. The lowest BCUT2D eigenvalue weighted by molar-refractivity contribution is -0.145. The van der Waals surface area contributed by atoms with Crippen LogP contribution in [-0.4, -0.2) is 45.6 Å². The minimum absolute atomic E-state index is 0.122. The molecule has 0 heterocycles. The summed E-state index contributed by atoms with van der Waals surface area (Å²) in [6.07, 6.45) is 17.5. The summed E-state index contributed by atoms with van der Waals surface area (Å²) in [6, 6.07) is 7.27. The van der Waals surface area contributed by atoms with Gasteiger partial charge in [-0.2, -0.15) is 0 Å². The highest BCUT2D eigenvalue weighted by Gasteiger charge is 2.03. The Kier molecular flexibility index (Phi) is 20.4. The number of ether oxygens (including phenoxy) is 4. The zero-order valence-electron chi connectivity index (χ0n) is 21.6. The van der Waals surface area contributed by atoms with Crippen LogP contribution >= 0.6 is 0 Å². The number of hydrogen-bond acceptors (Lipinski definition) is 6. The normalized spacial score (nSPS) is 11.0. The van der Waals surface area contributed by atoms with Gasteiger partial charge in [-0.15, -0.1) is 0 Å². The molecule has 0 unspecified atom stereocenters. The Morgan fingerprint density at radius 1 is 0.647 bits per heavy atom. The van der Waals surface area contributed by atoms with Gasteiger partial charge in [-0.25, -0.2) is 0 Å². The average Bonchev–Trinajstić information content (AvgIpc) is 2.84. The summed E-state index contributed by atoms with van der Waals surface area (Å²) < 4.78 is 21.6. The molecule has 34 heavy (non-hydrogen) atoms. The van der Waals surface area contributed by atoms with Crippen molar-refractivity contribution in [3.05, 3.63) is 24.3 Å². The lowest BCUT2D eigenvalue weighted by Crippen LogP contribution is -2.14. The predicted octanol–water partition coefficient (Wildman–Crippen LogP) is 6.71. The van der Waals surface area contributed by atoms with Crippen molar-refractivity contribution < 1.29 is 23.7 Å². The maximum Gasteiger partial charge on any atom is 0.305 e. The molecule has 1 aromatic rings. The molecule has 0 spiro atoms. The monoisotopic (exact) mass is 479 g/mol. The third-order valence-corrected chi connectivity index (χ3v) is 5.72. The van der Waals surface area contributed by atoms with Gasteiger partial charge in [0.15, 0.2) is 0 Å². The molecular formula is C28H49NO5. The van der Waals surface area contributed by atoms with Crippen LogP contribution in [0.5, 0.6) is 5.75 Å². The van der Waals surface area contributed by atoms with E-state index in [1.807, 2.05) is 12.1 Å². The summed E-state index contributed by atoms with van der Waals surface area (Å²) in [7, 11) is 0. The van der Waals surface area contributed by atoms with E-state index in [1.54, 1.807) is 12.1 Å². The van der Waals surface area contributed by atoms with Gasteiger partial charge in [0.25, 0.3) is 0 Å². The highest BCUT2D eigenvalue weighted by molar-refractivity contribution is 5.69. The van der Waals surface area contributed by atoms with Crippen LogP contribution in [0.1, 0.15) is 96.8 Å². The van der Waals surface area contributed by atoms with E-state index in [9.17, 15) is 4.79 Å². The van der Waals surface area contributed by atoms with Gasteiger partial charge in [0, 0.05) is 12.1 Å². The average molecular weight is 480 g/mol. The number of nitrogens with two attached hydrogens (primary N) is 1. The van der Waals surface area contributed by atoms with Crippen molar-refractivity contribution in [1.82, 2.24) is 0 Å². The van der Waals surface area contributed by atoms with Crippen molar-refractivity contribution in [3.63, 3.8) is 0 Å². The van der Waals surface area contributed by atoms with Gasteiger partial charge in [0.2, 0.25) is 0 Å². The van der Waals surface area contributed by atoms with Gasteiger partial charge in [-0.05, 0) is 30.7 Å². The minimum atomic E-state index is -0.122. The van der Waals surface area contributed by atoms with Crippen molar-refractivity contribution in [3.8, 4) is 5.75 Å². The molecule has 0 aliphatic carbocycles. The van der Waals surface area contributed by atoms with Gasteiger partial charge in [-0.1, -0.05) is 84.0 Å². The number of esters is 1. The summed E-state index contributed by atoms with van der Waals surface area (Å²) in [6.45, 7) is 4.88. The van der Waals surface area contributed by atoms with Crippen LogP contribution in [0.25, 0.3) is 0 Å². The molecule has 0 bridgehead atoms. The predicted molar refractivity (Wildman–Crippen MR) is 139 cm³/mol. The SMILES string of the molecule is CCCCCCCCCCCCCCCC(=O)OCCOCCOCCOc1ccc(N)cc1. The number of carbonyl (C=O) groups is 1. The van der Waals surface area contributed by atoms with E-state index in [1.165, 1.54) is 70.6 Å². The van der Waals surface area contributed by atoms with E-state index in [0.29, 0.717) is 51.7 Å². The number of benzene rings is 1. The maximum absolute atomic E-state index is 11.8. The van der Waals surface area contributed by atoms with E-state index in [0.717, 1.165) is 18.6 Å². The molecule has 6 heteroatoms. The Morgan fingerprint density at radius 3 is 1.68 bits per heavy atom. The van der Waals surface area contributed by atoms with Crippen LogP contribution in [0.4, 0.5) is 5.69 Å². The van der Waals surface area contributed by atoms with Gasteiger partial charge < -0.3 is 24.7 Å². The Hall–Kier alpha value is -1.79. The first kappa shape index (κ1) is 30.2. The Morgan fingerprint density at radius 2 is 1.12 bits per heavy atom. The largest absolute Gasteiger partial charge is 0.491 e. The molecule has 0 atom stereocenters. The van der Waals surface area contributed by atoms with Crippen molar-refractivity contribution in [2.45, 2.75) is 96.8 Å². The second-order valence-corrected chi connectivity index (χ2v) is 8.86. The molecule has 0 aromatic heterocycles. The van der Waals surface area contributed by atoms with Crippen LogP contribution in [-0.2, 0) is 19.0 Å². The molecule has 0 aliphatic rings. The number of hydrogen-bond donors (Lipinski definition) is 1. The van der Waals surface area contributed by atoms with Crippen LogP contribution < -0.4 is 10.5 Å². The molecule has 0 saturated heterocycles. The summed E-state index contributed by atoms with van der Waals surface area (Å²) in [5.41, 5.74) is 6.34. The van der Waals surface area contributed by atoms with Gasteiger partial charge in [0.1, 0.15) is 19.0 Å². The molecule has 1 aromatic carbocycles. The molecular weight excluding hydrogens is 430 g/mol. The lowest BCUT2D eigenvalue weighted by atomic mass is 10.0. The summed E-state index contributed by atoms with van der Waals surface area (Å²) in [5, 5.41) is 0. The zero-order chi connectivity index (χ0) is 24.5. The van der Waals surface area contributed by atoms with Crippen LogP contribution in [0.3, 0.4) is 0 Å². The highest BCUT2D eigenvalue weighted by Crippen LogP contribution is 2.14. The minimum Gasteiger partial charge on any atom is -0.491 e. The highest BCUT2D eigenvalue weighted by atomic mass is 16.6. The van der Waals surface area contributed by atoms with Crippen LogP contribution in [0.15, 0.2) is 24.3 Å². The molecule has 0 fully saturated rings. The van der Waals surface area contributed by atoms with E-state index >= 15 is 0 Å². The van der Waals surface area contributed by atoms with Crippen LogP contribution in [0, 0.1) is 0 Å². The fraction of sp³-hybridized carbons (Fsp3) is 0.750. The van der Waals surface area contributed by atoms with E-state index < -0.39 is 0 Å². The van der Waals surface area contributed by atoms with E-state index in [2.05, 4.69) is 6.92 Å². The molecule has 196 valence electrons. The summed E-state index contributed by atoms with van der Waals surface area (Å²) in [5.74, 6) is 0.650. The number of carbonyl (C=O) groups excluding carboxylic acids is 1. The third-order valence-electron chi connectivity index (χ3n) is 5.72. The lowest BCUT2D eigenvalue weighted by Gasteiger charge is -2.08. The van der Waals surface area contributed by atoms with E-state index in [-0.39, 0.29) is 5.97 Å². The Bertz CT molecular complexity index is 579. The van der Waals surface area contributed by atoms with Crippen LogP contribution in [0.2, 0.25) is 0 Å². The Labute approximate surface area is 207 Å². The van der Waals surface area contributed by atoms with Crippen molar-refractivity contribution in [2.75, 3.05) is 45.4 Å². The fourth-order valence-corrected chi connectivity index (χ4v) is 3.68. The van der Waals surface area contributed by atoms with Crippen molar-refractivity contribution in [2.24, 2.45) is 0 Å². The zero-order valence-corrected chi connectivity index (χ0v) is 21.6. The molecule has 0 aliphatic heterocycles. The summed E-state index contributed by atoms with van der Waals surface area (Å²) in [4.78, 5) is 11.8. The topological polar surface area (TPSA) is 80.0 Å². The third kappa shape index (κ3) is 19.7. The molecule has 6 nitrogen and oxygen atoms in total. The van der Waals surface area contributed by atoms with Gasteiger partial charge >= 0.3 is 5.97 Å². The number of nitrogen functional groups attached to an aromatic ring is 1. The van der Waals surface area contributed by atoms with Crippen molar-refractivity contribution in [1.29, 1.82) is 0 Å². The molecule has 2 N–H and O–H groups in total. The maximum atomic E-state index is 11.8. The first-order valence-electron chi connectivity index (χ1n) is 13.5. The molecule has 0 amide bonds. The molecule has 1 rings (SSSR count). The standard InChI is InChI=1S/C28H49NO5/c1-2-3-4-5-6-7-8-9-10-11-12-13-14-15-28(30)34-25-23-32-21-20-31-22-24-33-27-18-16-26(29)17-19-27/h16-19H,2-15,20-25,29H2,1H3. The second-order valence-electron chi connectivity index (χ2n) is 8.86.